The molecule has 0 saturated carbocycles. The fourth-order valence-corrected chi connectivity index (χ4v) is 1.94. The van der Waals surface area contributed by atoms with Gasteiger partial charge in [0.2, 0.25) is 0 Å². The Bertz CT molecular complexity index is 125. The standard InChI is InChI=1S/C12H27NO/c1-6-14-9-7-8-12(10(2)3)11(4)13-5/h10-13H,6-9H2,1-5H3. The fraction of sp³-hybridized carbons (Fsp3) is 1.00. The molecule has 0 rings (SSSR count). The Morgan fingerprint density at radius 3 is 2.29 bits per heavy atom. The fourth-order valence-electron chi connectivity index (χ4n) is 1.94. The van der Waals surface area contributed by atoms with E-state index in [9.17, 15) is 0 Å². The first-order chi connectivity index (χ1) is 6.63. The molecule has 0 aromatic carbocycles. The van der Waals surface area contributed by atoms with Gasteiger partial charge in [-0.25, -0.2) is 0 Å². The molecule has 14 heavy (non-hydrogen) atoms. The van der Waals surface area contributed by atoms with E-state index >= 15 is 0 Å². The van der Waals surface area contributed by atoms with Gasteiger partial charge in [-0.1, -0.05) is 13.8 Å². The van der Waals surface area contributed by atoms with Crippen molar-refractivity contribution in [2.45, 2.75) is 46.6 Å². The van der Waals surface area contributed by atoms with E-state index in [1.54, 1.807) is 0 Å². The molecule has 2 atom stereocenters. The predicted molar refractivity (Wildman–Crippen MR) is 62.6 cm³/mol. The summed E-state index contributed by atoms with van der Waals surface area (Å²) in [5.41, 5.74) is 0. The normalized spacial score (nSPS) is 15.9. The summed E-state index contributed by atoms with van der Waals surface area (Å²) in [6.07, 6.45) is 2.45. The number of hydrogen-bond donors (Lipinski definition) is 1. The highest BCUT2D eigenvalue weighted by Gasteiger charge is 2.18. The first-order valence-corrected chi connectivity index (χ1v) is 5.88. The van der Waals surface area contributed by atoms with Gasteiger partial charge < -0.3 is 10.1 Å². The highest BCUT2D eigenvalue weighted by atomic mass is 16.5. The first-order valence-electron chi connectivity index (χ1n) is 5.88. The Morgan fingerprint density at radius 2 is 1.86 bits per heavy atom. The molecule has 0 spiro atoms. The smallest absolute Gasteiger partial charge is 0.0466 e. The van der Waals surface area contributed by atoms with Crippen LogP contribution in [0.5, 0.6) is 0 Å². The van der Waals surface area contributed by atoms with Gasteiger partial charge in [-0.05, 0) is 45.6 Å². The summed E-state index contributed by atoms with van der Waals surface area (Å²) in [5, 5.41) is 3.35. The van der Waals surface area contributed by atoms with Crippen molar-refractivity contribution in [3.05, 3.63) is 0 Å². The zero-order valence-electron chi connectivity index (χ0n) is 10.5. The molecule has 2 nitrogen and oxygen atoms in total. The number of ether oxygens (including phenoxy) is 1. The molecule has 0 saturated heterocycles. The van der Waals surface area contributed by atoms with Crippen LogP contribution in [0, 0.1) is 11.8 Å². The van der Waals surface area contributed by atoms with Crippen LogP contribution in [0.1, 0.15) is 40.5 Å². The van der Waals surface area contributed by atoms with E-state index in [2.05, 4.69) is 33.0 Å². The van der Waals surface area contributed by atoms with Crippen LogP contribution in [-0.2, 0) is 4.74 Å². The monoisotopic (exact) mass is 201 g/mol. The SMILES string of the molecule is CCOCCCC(C(C)C)C(C)NC. The maximum Gasteiger partial charge on any atom is 0.0466 e. The van der Waals surface area contributed by atoms with Crippen LogP contribution >= 0.6 is 0 Å². The van der Waals surface area contributed by atoms with Gasteiger partial charge in [0, 0.05) is 19.3 Å². The van der Waals surface area contributed by atoms with Crippen molar-refractivity contribution in [2.75, 3.05) is 20.3 Å². The van der Waals surface area contributed by atoms with Crippen molar-refractivity contribution < 1.29 is 4.74 Å². The second kappa shape index (κ2) is 8.25. The van der Waals surface area contributed by atoms with E-state index in [4.69, 9.17) is 4.74 Å². The summed E-state index contributed by atoms with van der Waals surface area (Å²) in [4.78, 5) is 0. The Hall–Kier alpha value is -0.0800. The molecule has 0 aliphatic heterocycles. The minimum atomic E-state index is 0.608. The van der Waals surface area contributed by atoms with Gasteiger partial charge in [0.1, 0.15) is 0 Å². The average molecular weight is 201 g/mol. The first kappa shape index (κ1) is 13.9. The van der Waals surface area contributed by atoms with E-state index in [-0.39, 0.29) is 0 Å². The lowest BCUT2D eigenvalue weighted by Gasteiger charge is -2.27. The van der Waals surface area contributed by atoms with Crippen molar-refractivity contribution in [3.8, 4) is 0 Å². The predicted octanol–water partition coefficient (Wildman–Crippen LogP) is 2.68. The maximum atomic E-state index is 5.36. The maximum absolute atomic E-state index is 5.36. The van der Waals surface area contributed by atoms with Crippen LogP contribution in [0.2, 0.25) is 0 Å². The van der Waals surface area contributed by atoms with Gasteiger partial charge in [0.25, 0.3) is 0 Å². The zero-order chi connectivity index (χ0) is 11.0. The van der Waals surface area contributed by atoms with Crippen molar-refractivity contribution in [3.63, 3.8) is 0 Å². The van der Waals surface area contributed by atoms with Gasteiger partial charge in [0.05, 0.1) is 0 Å². The van der Waals surface area contributed by atoms with Gasteiger partial charge >= 0.3 is 0 Å². The Morgan fingerprint density at radius 1 is 1.21 bits per heavy atom. The minimum absolute atomic E-state index is 0.608. The molecule has 0 aliphatic carbocycles. The third kappa shape index (κ3) is 5.61. The molecule has 0 radical (unpaired) electrons. The average Bonchev–Trinajstić information content (AvgIpc) is 2.16. The molecule has 2 heteroatoms. The lowest BCUT2D eigenvalue weighted by atomic mass is 9.85. The minimum Gasteiger partial charge on any atom is -0.382 e. The van der Waals surface area contributed by atoms with Gasteiger partial charge in [-0.3, -0.25) is 0 Å². The lowest BCUT2D eigenvalue weighted by Crippen LogP contribution is -2.33. The molecule has 2 unspecified atom stereocenters. The van der Waals surface area contributed by atoms with Crippen molar-refractivity contribution in [1.29, 1.82) is 0 Å². The van der Waals surface area contributed by atoms with Gasteiger partial charge in [0.15, 0.2) is 0 Å². The summed E-state index contributed by atoms with van der Waals surface area (Å²) in [5.74, 6) is 1.51. The topological polar surface area (TPSA) is 21.3 Å². The molecular formula is C12H27NO. The van der Waals surface area contributed by atoms with Crippen LogP contribution in [0.4, 0.5) is 0 Å². The van der Waals surface area contributed by atoms with Crippen molar-refractivity contribution >= 4 is 0 Å². The molecule has 0 heterocycles. The molecule has 0 aliphatic rings. The van der Waals surface area contributed by atoms with E-state index in [1.165, 1.54) is 12.8 Å². The van der Waals surface area contributed by atoms with Crippen molar-refractivity contribution in [2.24, 2.45) is 11.8 Å². The molecule has 0 fully saturated rings. The molecule has 0 aromatic heterocycles. The third-order valence-corrected chi connectivity index (χ3v) is 2.98. The number of nitrogens with one attached hydrogen (secondary N) is 1. The molecule has 1 N–H and O–H groups in total. The summed E-state index contributed by atoms with van der Waals surface area (Å²) in [6, 6.07) is 0.608. The molecular weight excluding hydrogens is 174 g/mol. The Balaban J connectivity index is 3.74. The quantitative estimate of drug-likeness (QED) is 0.610. The van der Waals surface area contributed by atoms with Crippen molar-refractivity contribution in [1.82, 2.24) is 5.32 Å². The molecule has 0 bridgehead atoms. The Labute approximate surface area is 89.4 Å². The molecule has 0 amide bonds. The summed E-state index contributed by atoms with van der Waals surface area (Å²) in [6.45, 7) is 10.7. The van der Waals surface area contributed by atoms with E-state index < -0.39 is 0 Å². The molecule has 0 aromatic rings. The number of hydrogen-bond acceptors (Lipinski definition) is 2. The summed E-state index contributed by atoms with van der Waals surface area (Å²) in [7, 11) is 2.04. The van der Waals surface area contributed by atoms with E-state index in [0.29, 0.717) is 6.04 Å². The van der Waals surface area contributed by atoms with E-state index in [0.717, 1.165) is 25.0 Å². The van der Waals surface area contributed by atoms with Crippen LogP contribution in [0.3, 0.4) is 0 Å². The Kier molecular flexibility index (Phi) is 8.20. The van der Waals surface area contributed by atoms with Crippen LogP contribution in [0.25, 0.3) is 0 Å². The third-order valence-electron chi connectivity index (χ3n) is 2.98. The summed E-state index contributed by atoms with van der Waals surface area (Å²) < 4.78 is 5.36. The van der Waals surface area contributed by atoms with Crippen LogP contribution in [-0.4, -0.2) is 26.3 Å². The largest absolute Gasteiger partial charge is 0.382 e. The second-order valence-corrected chi connectivity index (χ2v) is 4.32. The zero-order valence-corrected chi connectivity index (χ0v) is 10.5. The van der Waals surface area contributed by atoms with E-state index in [1.807, 2.05) is 7.05 Å². The van der Waals surface area contributed by atoms with Gasteiger partial charge in [-0.15, -0.1) is 0 Å². The van der Waals surface area contributed by atoms with Gasteiger partial charge in [-0.2, -0.15) is 0 Å². The lowest BCUT2D eigenvalue weighted by molar-refractivity contribution is 0.133. The number of rotatable bonds is 8. The highest BCUT2D eigenvalue weighted by molar-refractivity contribution is 4.73. The highest BCUT2D eigenvalue weighted by Crippen LogP contribution is 2.20. The van der Waals surface area contributed by atoms with Crippen LogP contribution in [0.15, 0.2) is 0 Å². The second-order valence-electron chi connectivity index (χ2n) is 4.32. The summed E-state index contributed by atoms with van der Waals surface area (Å²) >= 11 is 0. The van der Waals surface area contributed by atoms with Crippen LogP contribution < -0.4 is 5.32 Å². The molecule has 86 valence electrons.